The van der Waals surface area contributed by atoms with Crippen LogP contribution in [0.1, 0.15) is 22.2 Å². The summed E-state index contributed by atoms with van der Waals surface area (Å²) in [4.78, 5) is 27.2. The molecule has 2 aromatic carbocycles. The van der Waals surface area contributed by atoms with E-state index in [1.165, 1.54) is 29.4 Å². The fraction of sp³-hybridized carbons (Fsp3) is 0.0476. The molecule has 1 aliphatic heterocycles. The standard InChI is InChI=1S/C21H14ClNO5/c22-13-3-1-4-14(11-13)23-18(12-6-8-15(24)9-7-12)17(20(26)21(23)27)19(25)16-5-2-10-28-16/h1-11,18,24,26H. The van der Waals surface area contributed by atoms with Crippen LogP contribution in [-0.4, -0.2) is 21.9 Å². The number of hydrogen-bond acceptors (Lipinski definition) is 5. The number of rotatable bonds is 4. The number of hydrogen-bond donors (Lipinski definition) is 2. The van der Waals surface area contributed by atoms with E-state index in [-0.39, 0.29) is 17.1 Å². The number of anilines is 1. The zero-order valence-electron chi connectivity index (χ0n) is 14.4. The molecule has 1 aromatic heterocycles. The van der Waals surface area contributed by atoms with E-state index in [9.17, 15) is 19.8 Å². The summed E-state index contributed by atoms with van der Waals surface area (Å²) in [6.07, 6.45) is 1.34. The van der Waals surface area contributed by atoms with Crippen LogP contribution in [0.15, 0.2) is 82.7 Å². The SMILES string of the molecule is O=C(C1=C(O)C(=O)N(c2cccc(Cl)c2)C1c1ccc(O)cc1)c1ccco1. The van der Waals surface area contributed by atoms with Crippen molar-refractivity contribution >= 4 is 29.0 Å². The highest BCUT2D eigenvalue weighted by Gasteiger charge is 2.45. The lowest BCUT2D eigenvalue weighted by Gasteiger charge is -2.27. The molecule has 2 heterocycles. The highest BCUT2D eigenvalue weighted by Crippen LogP contribution is 2.42. The molecule has 1 unspecified atom stereocenters. The highest BCUT2D eigenvalue weighted by atomic mass is 35.5. The largest absolute Gasteiger partial charge is 0.508 e. The molecule has 0 spiro atoms. The molecule has 4 rings (SSSR count). The number of carbonyl (C=O) groups excluding carboxylic acids is 2. The van der Waals surface area contributed by atoms with Crippen molar-refractivity contribution in [3.8, 4) is 5.75 Å². The third kappa shape index (κ3) is 2.93. The Morgan fingerprint density at radius 3 is 2.43 bits per heavy atom. The third-order valence-electron chi connectivity index (χ3n) is 4.49. The van der Waals surface area contributed by atoms with E-state index in [0.29, 0.717) is 16.3 Å². The number of nitrogens with zero attached hydrogens (tertiary/aromatic N) is 1. The van der Waals surface area contributed by atoms with Gasteiger partial charge >= 0.3 is 0 Å². The molecule has 1 amide bonds. The van der Waals surface area contributed by atoms with Crippen LogP contribution < -0.4 is 4.90 Å². The molecule has 0 aliphatic carbocycles. The summed E-state index contributed by atoms with van der Waals surface area (Å²) in [5.41, 5.74) is 0.847. The van der Waals surface area contributed by atoms with Crippen LogP contribution in [0, 0.1) is 0 Å². The van der Waals surface area contributed by atoms with Gasteiger partial charge in [-0.1, -0.05) is 29.8 Å². The minimum absolute atomic E-state index is 0.00562. The summed E-state index contributed by atoms with van der Waals surface area (Å²) < 4.78 is 5.17. The lowest BCUT2D eigenvalue weighted by molar-refractivity contribution is -0.117. The van der Waals surface area contributed by atoms with Gasteiger partial charge in [-0.3, -0.25) is 14.5 Å². The van der Waals surface area contributed by atoms with Crippen molar-refractivity contribution < 1.29 is 24.2 Å². The summed E-state index contributed by atoms with van der Waals surface area (Å²) >= 11 is 6.07. The Balaban J connectivity index is 1.89. The zero-order valence-corrected chi connectivity index (χ0v) is 15.1. The molecule has 0 fully saturated rings. The normalized spacial score (nSPS) is 16.7. The van der Waals surface area contributed by atoms with Gasteiger partial charge in [0, 0.05) is 10.7 Å². The van der Waals surface area contributed by atoms with Gasteiger partial charge in [0.05, 0.1) is 17.9 Å². The predicted octanol–water partition coefficient (Wildman–Crippen LogP) is 4.42. The smallest absolute Gasteiger partial charge is 0.294 e. The Morgan fingerprint density at radius 1 is 1.04 bits per heavy atom. The van der Waals surface area contributed by atoms with Gasteiger partial charge in [0.15, 0.2) is 11.5 Å². The van der Waals surface area contributed by atoms with Gasteiger partial charge in [0.25, 0.3) is 5.91 Å². The second kappa shape index (κ2) is 6.90. The van der Waals surface area contributed by atoms with Crippen molar-refractivity contribution in [2.75, 3.05) is 4.90 Å². The van der Waals surface area contributed by atoms with Gasteiger partial charge in [-0.15, -0.1) is 0 Å². The number of halogens is 1. The van der Waals surface area contributed by atoms with E-state index in [2.05, 4.69) is 0 Å². The minimum atomic E-state index is -0.913. The molecule has 140 valence electrons. The second-order valence-electron chi connectivity index (χ2n) is 6.22. The van der Waals surface area contributed by atoms with Crippen molar-refractivity contribution in [3.63, 3.8) is 0 Å². The number of ketones is 1. The van der Waals surface area contributed by atoms with Crippen molar-refractivity contribution in [2.24, 2.45) is 0 Å². The average Bonchev–Trinajstić information content (AvgIpc) is 3.30. The fourth-order valence-electron chi connectivity index (χ4n) is 3.24. The molecule has 6 nitrogen and oxygen atoms in total. The molecule has 1 aliphatic rings. The summed E-state index contributed by atoms with van der Waals surface area (Å²) in [5.74, 6) is -1.94. The predicted molar refractivity (Wildman–Crippen MR) is 102 cm³/mol. The lowest BCUT2D eigenvalue weighted by atomic mass is 9.94. The van der Waals surface area contributed by atoms with Crippen molar-refractivity contribution in [3.05, 3.63) is 94.6 Å². The van der Waals surface area contributed by atoms with Crippen LogP contribution in [0.5, 0.6) is 5.75 Å². The van der Waals surface area contributed by atoms with Crippen LogP contribution in [0.25, 0.3) is 0 Å². The van der Waals surface area contributed by atoms with E-state index in [1.807, 2.05) is 0 Å². The summed E-state index contributed by atoms with van der Waals surface area (Å²) in [7, 11) is 0. The maximum absolute atomic E-state index is 13.0. The molecular weight excluding hydrogens is 382 g/mol. The number of phenolic OH excluding ortho intramolecular Hbond substituents is 1. The van der Waals surface area contributed by atoms with Crippen LogP contribution in [-0.2, 0) is 4.79 Å². The van der Waals surface area contributed by atoms with E-state index >= 15 is 0 Å². The monoisotopic (exact) mass is 395 g/mol. The quantitative estimate of drug-likeness (QED) is 0.638. The van der Waals surface area contributed by atoms with Crippen molar-refractivity contribution in [1.82, 2.24) is 0 Å². The van der Waals surface area contributed by atoms with Crippen molar-refractivity contribution in [2.45, 2.75) is 6.04 Å². The molecule has 0 saturated heterocycles. The van der Waals surface area contributed by atoms with Crippen molar-refractivity contribution in [1.29, 1.82) is 0 Å². The number of benzene rings is 2. The zero-order chi connectivity index (χ0) is 19.8. The van der Waals surface area contributed by atoms with E-state index in [4.69, 9.17) is 16.0 Å². The molecular formula is C21H14ClNO5. The lowest BCUT2D eigenvalue weighted by Crippen LogP contribution is -2.31. The van der Waals surface area contributed by atoms with Gasteiger partial charge < -0.3 is 14.6 Å². The Labute approximate surface area is 164 Å². The highest BCUT2D eigenvalue weighted by molar-refractivity contribution is 6.31. The van der Waals surface area contributed by atoms with Crippen LogP contribution >= 0.6 is 11.6 Å². The topological polar surface area (TPSA) is 91.0 Å². The Bertz CT molecular complexity index is 1090. The summed E-state index contributed by atoms with van der Waals surface area (Å²) in [6.45, 7) is 0. The molecule has 0 saturated carbocycles. The first-order chi connectivity index (χ1) is 13.5. The molecule has 0 radical (unpaired) electrons. The van der Waals surface area contributed by atoms with Gasteiger partial charge in [-0.25, -0.2) is 0 Å². The molecule has 7 heteroatoms. The Hall–Kier alpha value is -3.51. The Morgan fingerprint density at radius 2 is 1.79 bits per heavy atom. The molecule has 28 heavy (non-hydrogen) atoms. The molecule has 1 atom stereocenters. The number of carbonyl (C=O) groups is 2. The maximum Gasteiger partial charge on any atom is 0.294 e. The number of aromatic hydroxyl groups is 1. The number of aliphatic hydroxyl groups is 1. The van der Waals surface area contributed by atoms with Crippen LogP contribution in [0.2, 0.25) is 5.02 Å². The molecule has 0 bridgehead atoms. The van der Waals surface area contributed by atoms with Gasteiger partial charge in [-0.05, 0) is 48.0 Å². The number of Topliss-reactive ketones (excluding diaryl/α,β-unsaturated/α-hetero) is 1. The van der Waals surface area contributed by atoms with Gasteiger partial charge in [0.1, 0.15) is 5.75 Å². The Kier molecular flexibility index (Phi) is 4.41. The molecule has 3 aromatic rings. The van der Waals surface area contributed by atoms with Crippen LogP contribution in [0.4, 0.5) is 5.69 Å². The average molecular weight is 396 g/mol. The maximum atomic E-state index is 13.0. The number of aliphatic hydroxyl groups excluding tert-OH is 1. The van der Waals surface area contributed by atoms with Gasteiger partial charge in [0.2, 0.25) is 5.78 Å². The first-order valence-corrected chi connectivity index (χ1v) is 8.74. The number of phenols is 1. The molecule has 2 N–H and O–H groups in total. The van der Waals surface area contributed by atoms with Gasteiger partial charge in [-0.2, -0.15) is 0 Å². The van der Waals surface area contributed by atoms with E-state index in [0.717, 1.165) is 0 Å². The number of furan rings is 1. The summed E-state index contributed by atoms with van der Waals surface area (Å²) in [6, 6.07) is 14.7. The number of amides is 1. The van der Waals surface area contributed by atoms with E-state index in [1.54, 1.807) is 42.5 Å². The first-order valence-electron chi connectivity index (χ1n) is 8.37. The fourth-order valence-corrected chi connectivity index (χ4v) is 3.43. The first kappa shape index (κ1) is 17.9. The summed E-state index contributed by atoms with van der Waals surface area (Å²) in [5, 5.41) is 20.6. The minimum Gasteiger partial charge on any atom is -0.508 e. The third-order valence-corrected chi connectivity index (χ3v) is 4.73. The van der Waals surface area contributed by atoms with Crippen LogP contribution in [0.3, 0.4) is 0 Å². The van der Waals surface area contributed by atoms with E-state index < -0.39 is 23.5 Å². The second-order valence-corrected chi connectivity index (χ2v) is 6.65.